The maximum Gasteiger partial charge on any atom is 0.270 e. The number of rotatable bonds is 3. The molecule has 1 aromatic rings. The number of hydrogen-bond acceptors (Lipinski definition) is 4. The summed E-state index contributed by atoms with van der Waals surface area (Å²) in [6.07, 6.45) is 0.918. The molecule has 2 rings (SSSR count). The number of carbonyl (C=O) groups excluding carboxylic acids is 1. The molecule has 6 heteroatoms. The first-order valence-electron chi connectivity index (χ1n) is 6.14. The van der Waals surface area contributed by atoms with E-state index in [-0.39, 0.29) is 19.0 Å². The van der Waals surface area contributed by atoms with Crippen LogP contribution in [0.15, 0.2) is 12.3 Å². The third-order valence-electron chi connectivity index (χ3n) is 3.15. The molecule has 2 unspecified atom stereocenters. The zero-order valence-electron chi connectivity index (χ0n) is 10.4. The lowest BCUT2D eigenvalue weighted by atomic mass is 10.3. The van der Waals surface area contributed by atoms with Crippen LogP contribution in [0.25, 0.3) is 0 Å². The molecule has 1 fully saturated rings. The van der Waals surface area contributed by atoms with E-state index in [4.69, 9.17) is 5.73 Å². The first-order chi connectivity index (χ1) is 8.52. The van der Waals surface area contributed by atoms with E-state index in [0.29, 0.717) is 11.4 Å². The van der Waals surface area contributed by atoms with Crippen molar-refractivity contribution in [3.8, 4) is 0 Å². The van der Waals surface area contributed by atoms with Gasteiger partial charge in [-0.1, -0.05) is 6.92 Å². The maximum atomic E-state index is 12.3. The fourth-order valence-electron chi connectivity index (χ4n) is 2.24. The molecule has 2 atom stereocenters. The molecular formula is C12H19N3O3. The van der Waals surface area contributed by atoms with Crippen LogP contribution in [0.4, 0.5) is 5.69 Å². The van der Waals surface area contributed by atoms with Crippen LogP contribution in [0.3, 0.4) is 0 Å². The molecule has 6 nitrogen and oxygen atoms in total. The van der Waals surface area contributed by atoms with Crippen LogP contribution in [0.5, 0.6) is 0 Å². The fraction of sp³-hybridized carbons (Fsp3) is 0.583. The predicted octanol–water partition coefficient (Wildman–Crippen LogP) is -0.342. The third kappa shape index (κ3) is 2.34. The normalized spacial score (nSPS) is 23.6. The van der Waals surface area contributed by atoms with Crippen molar-refractivity contribution in [1.82, 2.24) is 9.47 Å². The SMILES string of the molecule is CCCn1cc(N)cc1C(=O)N1CC(O)C(O)C1. The summed E-state index contributed by atoms with van der Waals surface area (Å²) in [5.41, 5.74) is 6.77. The number of aliphatic hydroxyl groups is 2. The number of aromatic nitrogens is 1. The van der Waals surface area contributed by atoms with Gasteiger partial charge in [0.25, 0.3) is 5.91 Å². The summed E-state index contributed by atoms with van der Waals surface area (Å²) < 4.78 is 1.81. The quantitative estimate of drug-likeness (QED) is 0.687. The van der Waals surface area contributed by atoms with Crippen molar-refractivity contribution >= 4 is 11.6 Å². The van der Waals surface area contributed by atoms with Gasteiger partial charge < -0.3 is 25.4 Å². The number of nitrogen functional groups attached to an aromatic ring is 1. The highest BCUT2D eigenvalue weighted by molar-refractivity contribution is 5.94. The van der Waals surface area contributed by atoms with Crippen molar-refractivity contribution in [2.45, 2.75) is 32.1 Å². The summed E-state index contributed by atoms with van der Waals surface area (Å²) in [6, 6.07) is 1.63. The van der Waals surface area contributed by atoms with Crippen LogP contribution in [0.2, 0.25) is 0 Å². The van der Waals surface area contributed by atoms with Crippen LogP contribution in [0, 0.1) is 0 Å². The van der Waals surface area contributed by atoms with Gasteiger partial charge in [-0.3, -0.25) is 4.79 Å². The molecule has 0 radical (unpaired) electrons. The van der Waals surface area contributed by atoms with Gasteiger partial charge in [-0.15, -0.1) is 0 Å². The van der Waals surface area contributed by atoms with E-state index in [1.807, 2.05) is 11.5 Å². The summed E-state index contributed by atoms with van der Waals surface area (Å²) >= 11 is 0. The van der Waals surface area contributed by atoms with E-state index in [1.54, 1.807) is 12.3 Å². The van der Waals surface area contributed by atoms with Crippen molar-refractivity contribution < 1.29 is 15.0 Å². The van der Waals surface area contributed by atoms with Crippen LogP contribution < -0.4 is 5.73 Å². The summed E-state index contributed by atoms with van der Waals surface area (Å²) in [5, 5.41) is 18.9. The van der Waals surface area contributed by atoms with Gasteiger partial charge in [0.1, 0.15) is 5.69 Å². The Labute approximate surface area is 106 Å². The number of aliphatic hydroxyl groups excluding tert-OH is 2. The van der Waals surface area contributed by atoms with Gasteiger partial charge in [-0.2, -0.15) is 0 Å². The molecule has 2 heterocycles. The van der Waals surface area contributed by atoms with Crippen LogP contribution in [0.1, 0.15) is 23.8 Å². The molecular weight excluding hydrogens is 234 g/mol. The number of aryl methyl sites for hydroxylation is 1. The summed E-state index contributed by atoms with van der Waals surface area (Å²) in [4.78, 5) is 13.7. The van der Waals surface area contributed by atoms with Crippen LogP contribution in [-0.2, 0) is 6.54 Å². The van der Waals surface area contributed by atoms with Crippen molar-refractivity contribution in [2.24, 2.45) is 0 Å². The topological polar surface area (TPSA) is 91.7 Å². The smallest absolute Gasteiger partial charge is 0.270 e. The Morgan fingerprint density at radius 2 is 2.06 bits per heavy atom. The fourth-order valence-corrected chi connectivity index (χ4v) is 2.24. The molecule has 4 N–H and O–H groups in total. The summed E-state index contributed by atoms with van der Waals surface area (Å²) in [5.74, 6) is -0.198. The minimum atomic E-state index is -0.860. The number of nitrogens with two attached hydrogens (primary N) is 1. The minimum absolute atomic E-state index is 0.164. The zero-order chi connectivity index (χ0) is 13.3. The largest absolute Gasteiger partial charge is 0.397 e. The van der Waals surface area contributed by atoms with Gasteiger partial charge in [-0.25, -0.2) is 0 Å². The Kier molecular flexibility index (Phi) is 3.58. The molecule has 1 saturated heterocycles. The van der Waals surface area contributed by atoms with Gasteiger partial charge in [0, 0.05) is 25.8 Å². The molecule has 1 aliphatic heterocycles. The van der Waals surface area contributed by atoms with Gasteiger partial charge in [0.15, 0.2) is 0 Å². The number of likely N-dealkylation sites (tertiary alicyclic amines) is 1. The molecule has 1 aromatic heterocycles. The van der Waals surface area contributed by atoms with E-state index >= 15 is 0 Å². The van der Waals surface area contributed by atoms with E-state index in [9.17, 15) is 15.0 Å². The Morgan fingerprint density at radius 3 is 2.61 bits per heavy atom. The lowest BCUT2D eigenvalue weighted by molar-refractivity contribution is 0.0572. The van der Waals surface area contributed by atoms with Gasteiger partial charge >= 0.3 is 0 Å². The Morgan fingerprint density at radius 1 is 1.44 bits per heavy atom. The van der Waals surface area contributed by atoms with Gasteiger partial charge in [0.2, 0.25) is 0 Å². The first-order valence-corrected chi connectivity index (χ1v) is 6.14. The molecule has 0 bridgehead atoms. The van der Waals surface area contributed by atoms with E-state index in [1.165, 1.54) is 4.90 Å². The number of nitrogens with zero attached hydrogens (tertiary/aromatic N) is 2. The first kappa shape index (κ1) is 12.9. The lowest BCUT2D eigenvalue weighted by Gasteiger charge is -2.16. The molecule has 1 amide bonds. The maximum absolute atomic E-state index is 12.3. The van der Waals surface area contributed by atoms with E-state index in [2.05, 4.69) is 0 Å². The average molecular weight is 253 g/mol. The molecule has 0 aliphatic carbocycles. The number of anilines is 1. The average Bonchev–Trinajstić information content (AvgIpc) is 2.83. The zero-order valence-corrected chi connectivity index (χ0v) is 10.4. The Hall–Kier alpha value is -1.53. The van der Waals surface area contributed by atoms with Crippen molar-refractivity contribution in [1.29, 1.82) is 0 Å². The summed E-state index contributed by atoms with van der Waals surface area (Å²) in [7, 11) is 0. The second-order valence-electron chi connectivity index (χ2n) is 4.70. The standard InChI is InChI=1S/C12H19N3O3/c1-2-3-14-5-8(13)4-9(14)12(18)15-6-10(16)11(17)7-15/h4-5,10-11,16-17H,2-3,6-7,13H2,1H3. The van der Waals surface area contributed by atoms with Crippen molar-refractivity contribution in [2.75, 3.05) is 18.8 Å². The number of hydrogen-bond donors (Lipinski definition) is 3. The van der Waals surface area contributed by atoms with Gasteiger partial charge in [0.05, 0.1) is 17.9 Å². The molecule has 0 aromatic carbocycles. The molecule has 100 valence electrons. The second kappa shape index (κ2) is 4.99. The molecule has 0 spiro atoms. The number of carbonyl (C=O) groups is 1. The third-order valence-corrected chi connectivity index (χ3v) is 3.15. The monoisotopic (exact) mass is 253 g/mol. The molecule has 18 heavy (non-hydrogen) atoms. The van der Waals surface area contributed by atoms with Crippen molar-refractivity contribution in [3.63, 3.8) is 0 Å². The van der Waals surface area contributed by atoms with E-state index in [0.717, 1.165) is 13.0 Å². The van der Waals surface area contributed by atoms with Crippen LogP contribution >= 0.6 is 0 Å². The number of amides is 1. The number of β-amino-alcohol motifs (C(OH)–C–C–N with tert-alkyl or cyclic N) is 2. The van der Waals surface area contributed by atoms with Crippen molar-refractivity contribution in [3.05, 3.63) is 18.0 Å². The minimum Gasteiger partial charge on any atom is -0.397 e. The lowest BCUT2D eigenvalue weighted by Crippen LogP contribution is -2.31. The predicted molar refractivity (Wildman–Crippen MR) is 67.1 cm³/mol. The highest BCUT2D eigenvalue weighted by atomic mass is 16.3. The van der Waals surface area contributed by atoms with Gasteiger partial charge in [-0.05, 0) is 12.5 Å². The molecule has 1 aliphatic rings. The second-order valence-corrected chi connectivity index (χ2v) is 4.70. The highest BCUT2D eigenvalue weighted by Gasteiger charge is 2.33. The Balaban J connectivity index is 2.18. The summed E-state index contributed by atoms with van der Waals surface area (Å²) in [6.45, 7) is 3.07. The molecule has 0 saturated carbocycles. The van der Waals surface area contributed by atoms with Crippen LogP contribution in [-0.4, -0.2) is 50.9 Å². The Bertz CT molecular complexity index is 434. The van der Waals surface area contributed by atoms with E-state index < -0.39 is 12.2 Å². The highest BCUT2D eigenvalue weighted by Crippen LogP contribution is 2.18.